The monoisotopic (exact) mass is 448 g/mol. The maximum absolute atomic E-state index is 12.7. The number of carbonyl (C=O) groups is 3. The minimum absolute atomic E-state index is 0.0871. The molecule has 2 heterocycles. The molecule has 33 heavy (non-hydrogen) atoms. The fourth-order valence-corrected chi connectivity index (χ4v) is 3.86. The number of furan rings is 2. The van der Waals surface area contributed by atoms with Gasteiger partial charge in [0.2, 0.25) is 0 Å². The summed E-state index contributed by atoms with van der Waals surface area (Å²) in [4.78, 5) is 37.4. The van der Waals surface area contributed by atoms with Crippen LogP contribution in [-0.2, 0) is 6.42 Å². The molecule has 1 aliphatic carbocycles. The third-order valence-electron chi connectivity index (χ3n) is 5.61. The predicted molar refractivity (Wildman–Crippen MR) is 120 cm³/mol. The van der Waals surface area contributed by atoms with Crippen molar-refractivity contribution in [3.63, 3.8) is 0 Å². The SMILES string of the molecule is Cc1ccccc1C(=O)N/N=C1\CCCc2oc(C(=O)NNC(=O)c3ccoc3C)c(C)c21. The van der Waals surface area contributed by atoms with E-state index in [9.17, 15) is 14.4 Å². The lowest BCUT2D eigenvalue weighted by Crippen LogP contribution is -2.41. The highest BCUT2D eigenvalue weighted by Crippen LogP contribution is 2.29. The number of hydrazine groups is 1. The zero-order chi connectivity index (χ0) is 23.5. The average molecular weight is 448 g/mol. The molecule has 3 N–H and O–H groups in total. The number of carbonyl (C=O) groups excluding carboxylic acids is 3. The van der Waals surface area contributed by atoms with Gasteiger partial charge in [0.25, 0.3) is 11.8 Å². The second-order valence-corrected chi connectivity index (χ2v) is 7.82. The molecule has 1 aromatic carbocycles. The van der Waals surface area contributed by atoms with Gasteiger partial charge in [-0.3, -0.25) is 25.2 Å². The molecule has 2 aromatic heterocycles. The Morgan fingerprint density at radius 2 is 1.67 bits per heavy atom. The van der Waals surface area contributed by atoms with Gasteiger partial charge in [0.05, 0.1) is 17.5 Å². The number of fused-ring (bicyclic) bond motifs is 1. The van der Waals surface area contributed by atoms with Crippen molar-refractivity contribution in [1.82, 2.24) is 16.3 Å². The molecule has 0 spiro atoms. The molecule has 3 aromatic rings. The van der Waals surface area contributed by atoms with Crippen LogP contribution in [0.5, 0.6) is 0 Å². The predicted octanol–water partition coefficient (Wildman–Crippen LogP) is 3.34. The first-order valence-electron chi connectivity index (χ1n) is 10.6. The van der Waals surface area contributed by atoms with Gasteiger partial charge in [0.15, 0.2) is 5.76 Å². The maximum atomic E-state index is 12.7. The molecule has 0 saturated carbocycles. The third-order valence-corrected chi connectivity index (χ3v) is 5.61. The molecular formula is C24H24N4O5. The van der Waals surface area contributed by atoms with Crippen LogP contribution in [0.25, 0.3) is 0 Å². The smallest absolute Gasteiger partial charge is 0.305 e. The molecule has 170 valence electrons. The molecule has 9 nitrogen and oxygen atoms in total. The van der Waals surface area contributed by atoms with E-state index in [1.807, 2.05) is 19.1 Å². The highest BCUT2D eigenvalue weighted by Gasteiger charge is 2.28. The number of hydrogen-bond acceptors (Lipinski definition) is 6. The Morgan fingerprint density at radius 1 is 0.909 bits per heavy atom. The Bertz CT molecular complexity index is 1270. The van der Waals surface area contributed by atoms with Gasteiger partial charge in [-0.1, -0.05) is 18.2 Å². The number of benzene rings is 1. The zero-order valence-electron chi connectivity index (χ0n) is 18.6. The molecule has 0 aliphatic heterocycles. The average Bonchev–Trinajstić information content (AvgIpc) is 3.39. The van der Waals surface area contributed by atoms with Crippen LogP contribution in [0.1, 0.15) is 72.3 Å². The molecule has 0 bridgehead atoms. The lowest BCUT2D eigenvalue weighted by atomic mass is 9.93. The van der Waals surface area contributed by atoms with E-state index < -0.39 is 11.8 Å². The van der Waals surface area contributed by atoms with Gasteiger partial charge in [0.1, 0.15) is 11.5 Å². The molecule has 1 aliphatic rings. The van der Waals surface area contributed by atoms with E-state index in [1.165, 1.54) is 12.3 Å². The summed E-state index contributed by atoms with van der Waals surface area (Å²) in [5.74, 6) is -0.220. The fraction of sp³-hybridized carbons (Fsp3) is 0.250. The normalized spacial score (nSPS) is 14.0. The van der Waals surface area contributed by atoms with Crippen LogP contribution in [0.3, 0.4) is 0 Å². The Hall–Kier alpha value is -4.14. The molecule has 4 rings (SSSR count). The van der Waals surface area contributed by atoms with Crippen LogP contribution in [0.15, 0.2) is 50.5 Å². The van der Waals surface area contributed by atoms with Crippen molar-refractivity contribution in [2.24, 2.45) is 5.10 Å². The van der Waals surface area contributed by atoms with Crippen LogP contribution in [0, 0.1) is 20.8 Å². The lowest BCUT2D eigenvalue weighted by Gasteiger charge is -2.13. The molecule has 0 radical (unpaired) electrons. The summed E-state index contributed by atoms with van der Waals surface area (Å²) >= 11 is 0. The first-order valence-corrected chi connectivity index (χ1v) is 10.6. The number of hydrogen-bond donors (Lipinski definition) is 3. The molecule has 0 saturated heterocycles. The van der Waals surface area contributed by atoms with E-state index in [1.54, 1.807) is 26.0 Å². The minimum Gasteiger partial charge on any atom is -0.469 e. The number of nitrogens with one attached hydrogen (secondary N) is 3. The van der Waals surface area contributed by atoms with Crippen molar-refractivity contribution in [3.05, 3.63) is 81.7 Å². The van der Waals surface area contributed by atoms with Gasteiger partial charge in [-0.25, -0.2) is 5.43 Å². The first kappa shape index (κ1) is 22.1. The second-order valence-electron chi connectivity index (χ2n) is 7.82. The highest BCUT2D eigenvalue weighted by atomic mass is 16.4. The van der Waals surface area contributed by atoms with Gasteiger partial charge < -0.3 is 8.83 Å². The van der Waals surface area contributed by atoms with Crippen LogP contribution < -0.4 is 16.3 Å². The number of nitrogens with zero attached hydrogens (tertiary/aromatic N) is 1. The maximum Gasteiger partial charge on any atom is 0.305 e. The van der Waals surface area contributed by atoms with Gasteiger partial charge in [0, 0.05) is 23.1 Å². The van der Waals surface area contributed by atoms with E-state index in [2.05, 4.69) is 21.4 Å². The molecule has 0 unspecified atom stereocenters. The van der Waals surface area contributed by atoms with Crippen molar-refractivity contribution in [2.75, 3.05) is 0 Å². The van der Waals surface area contributed by atoms with Gasteiger partial charge in [-0.05, 0) is 51.3 Å². The van der Waals surface area contributed by atoms with E-state index in [0.717, 1.165) is 12.0 Å². The van der Waals surface area contributed by atoms with E-state index >= 15 is 0 Å². The summed E-state index contributed by atoms with van der Waals surface area (Å²) in [5.41, 5.74) is 11.0. The van der Waals surface area contributed by atoms with E-state index in [4.69, 9.17) is 8.83 Å². The molecular weight excluding hydrogens is 424 g/mol. The standard InChI is InChI=1S/C24H24N4O5/c1-13-7-4-5-8-16(13)22(29)26-25-18-9-6-10-19-20(18)14(2)21(33-19)24(31)28-27-23(30)17-11-12-32-15(17)3/h4-5,7-8,11-12H,6,9-10H2,1-3H3,(H,26,29)(H,27,30)(H,28,31)/b25-18+. The largest absolute Gasteiger partial charge is 0.469 e. The minimum atomic E-state index is -0.584. The quantitative estimate of drug-likeness (QED) is 0.528. The number of amides is 3. The molecule has 0 atom stereocenters. The number of hydrazone groups is 1. The summed E-state index contributed by atoms with van der Waals surface area (Å²) in [6.07, 6.45) is 3.46. The van der Waals surface area contributed by atoms with Crippen molar-refractivity contribution in [3.8, 4) is 0 Å². The Morgan fingerprint density at radius 3 is 2.39 bits per heavy atom. The summed E-state index contributed by atoms with van der Waals surface area (Å²) in [7, 11) is 0. The second kappa shape index (κ2) is 9.15. The van der Waals surface area contributed by atoms with E-state index in [0.29, 0.717) is 52.3 Å². The first-order chi connectivity index (χ1) is 15.9. The van der Waals surface area contributed by atoms with E-state index in [-0.39, 0.29) is 11.7 Å². The lowest BCUT2D eigenvalue weighted by molar-refractivity contribution is 0.0828. The van der Waals surface area contributed by atoms with Crippen LogP contribution >= 0.6 is 0 Å². The number of rotatable bonds is 4. The summed E-state index contributed by atoms with van der Waals surface area (Å²) in [6, 6.07) is 8.78. The van der Waals surface area contributed by atoms with Crippen molar-refractivity contribution < 1.29 is 23.2 Å². The van der Waals surface area contributed by atoms with Gasteiger partial charge in [-0.15, -0.1) is 0 Å². The summed E-state index contributed by atoms with van der Waals surface area (Å²) < 4.78 is 10.9. The van der Waals surface area contributed by atoms with Crippen molar-refractivity contribution >= 4 is 23.4 Å². The van der Waals surface area contributed by atoms with Gasteiger partial charge in [-0.2, -0.15) is 5.10 Å². The van der Waals surface area contributed by atoms with Crippen LogP contribution in [-0.4, -0.2) is 23.4 Å². The topological polar surface area (TPSA) is 126 Å². The zero-order valence-corrected chi connectivity index (χ0v) is 18.6. The highest BCUT2D eigenvalue weighted by molar-refractivity contribution is 6.07. The molecule has 0 fully saturated rings. The Balaban J connectivity index is 1.50. The molecule has 3 amide bonds. The van der Waals surface area contributed by atoms with Crippen molar-refractivity contribution in [1.29, 1.82) is 0 Å². The van der Waals surface area contributed by atoms with Crippen molar-refractivity contribution in [2.45, 2.75) is 40.0 Å². The fourth-order valence-electron chi connectivity index (χ4n) is 3.86. The number of aryl methyl sites for hydroxylation is 3. The molecule has 9 heteroatoms. The van der Waals surface area contributed by atoms with Crippen LogP contribution in [0.4, 0.5) is 0 Å². The summed E-state index contributed by atoms with van der Waals surface area (Å²) in [5, 5.41) is 4.34. The Labute approximate surface area is 190 Å². The Kier molecular flexibility index (Phi) is 6.12. The summed E-state index contributed by atoms with van der Waals surface area (Å²) in [6.45, 7) is 5.27. The third kappa shape index (κ3) is 4.43. The van der Waals surface area contributed by atoms with Crippen LogP contribution in [0.2, 0.25) is 0 Å². The van der Waals surface area contributed by atoms with Gasteiger partial charge >= 0.3 is 5.91 Å².